The van der Waals surface area contributed by atoms with Gasteiger partial charge in [0.15, 0.2) is 0 Å². The maximum absolute atomic E-state index is 6.81. The number of rotatable bonds is 1. The minimum atomic E-state index is -1.30. The van der Waals surface area contributed by atoms with E-state index in [1.165, 1.54) is 0 Å². The third-order valence-electron chi connectivity index (χ3n) is 0.862. The first kappa shape index (κ1) is 4.28. The molecule has 1 rings (SSSR count). The quantitative estimate of drug-likeness (QED) is 0.674. The van der Waals surface area contributed by atoms with Crippen molar-refractivity contribution in [2.45, 2.75) is 0 Å². The summed E-state index contributed by atoms with van der Waals surface area (Å²) in [7, 11) is -1.30. The number of methoxy groups -OCH3 is 1. The summed E-state index contributed by atoms with van der Waals surface area (Å²) in [6.07, 6.45) is 3.10. The van der Waals surface area contributed by atoms with Crippen molar-refractivity contribution in [3.05, 3.63) is 22.9 Å². The smallest absolute Gasteiger partial charge is 0.136 e. The molecule has 2 nitrogen and oxygen atoms in total. The highest BCUT2D eigenvalue weighted by Gasteiger charge is 1.94. The van der Waals surface area contributed by atoms with Crippen LogP contribution in [-0.4, -0.2) is 12.0 Å². The van der Waals surface area contributed by atoms with Gasteiger partial charge in [-0.2, -0.15) is 0 Å². The average molecular weight is 190 g/mol. The molecule has 1 aromatic heterocycles. The fourth-order valence-corrected chi connectivity index (χ4v) is 0.802. The van der Waals surface area contributed by atoms with E-state index >= 15 is 0 Å². The third kappa shape index (κ3) is 1.42. The topological polar surface area (TPSA) is 22.1 Å². The number of hydrogen-bond donors (Lipinski definition) is 0. The largest absolute Gasteiger partial charge is 0.495 e. The fourth-order valence-electron chi connectivity index (χ4n) is 0.458. The Balaban J connectivity index is 2.78. The lowest BCUT2D eigenvalue weighted by Gasteiger charge is -1.98. The lowest BCUT2D eigenvalue weighted by atomic mass is 10.5. The van der Waals surface area contributed by atoms with Gasteiger partial charge in [-0.05, 0) is 22.0 Å². The first-order valence-electron chi connectivity index (χ1n) is 3.46. The van der Waals surface area contributed by atoms with Crippen LogP contribution in [0.5, 0.6) is 5.75 Å². The van der Waals surface area contributed by atoms with Crippen LogP contribution in [0.1, 0.15) is 2.74 Å². The van der Waals surface area contributed by atoms with Gasteiger partial charge in [-0.3, -0.25) is 4.98 Å². The summed E-state index contributed by atoms with van der Waals surface area (Å²) in [6.45, 7) is 0. The first-order valence-corrected chi connectivity index (χ1v) is 3.10. The molecule has 0 unspecified atom stereocenters. The Kier molecular flexibility index (Phi) is 1.34. The number of ether oxygens (including phenoxy) is 1. The standard InChI is InChI=1S/C6H6BrNO/c1-9-6-2-3-8-4-5(6)7/h2-4H,1H3/i1D2. The van der Waals surface area contributed by atoms with Crippen LogP contribution in [0.25, 0.3) is 0 Å². The summed E-state index contributed by atoms with van der Waals surface area (Å²) in [4.78, 5) is 3.80. The van der Waals surface area contributed by atoms with E-state index in [-0.39, 0.29) is 0 Å². The molecule has 0 spiro atoms. The molecule has 0 aliphatic carbocycles. The molecule has 0 saturated heterocycles. The van der Waals surface area contributed by atoms with Crippen molar-refractivity contribution in [2.24, 2.45) is 0 Å². The van der Waals surface area contributed by atoms with Crippen LogP contribution in [0, 0.1) is 0 Å². The number of hydrogen-bond acceptors (Lipinski definition) is 2. The second-order valence-electron chi connectivity index (χ2n) is 1.42. The van der Waals surface area contributed by atoms with Gasteiger partial charge in [-0.15, -0.1) is 0 Å². The molecule has 0 aliphatic rings. The summed E-state index contributed by atoms with van der Waals surface area (Å²) < 4.78 is 19.1. The Morgan fingerprint density at radius 1 is 1.89 bits per heavy atom. The monoisotopic (exact) mass is 189 g/mol. The van der Waals surface area contributed by atoms with Crippen LogP contribution in [0.2, 0.25) is 0 Å². The molecule has 0 aromatic carbocycles. The Hall–Kier alpha value is -0.570. The lowest BCUT2D eigenvalue weighted by molar-refractivity contribution is 0.411. The predicted octanol–water partition coefficient (Wildman–Crippen LogP) is 1.85. The van der Waals surface area contributed by atoms with E-state index < -0.39 is 7.06 Å². The average Bonchev–Trinajstić information content (AvgIpc) is 1.93. The zero-order valence-electron chi connectivity index (χ0n) is 6.54. The van der Waals surface area contributed by atoms with Crippen LogP contribution >= 0.6 is 15.9 Å². The summed E-state index contributed by atoms with van der Waals surface area (Å²) in [6, 6.07) is 1.60. The molecule has 3 heteroatoms. The van der Waals surface area contributed by atoms with Crippen LogP contribution in [-0.2, 0) is 0 Å². The van der Waals surface area contributed by atoms with E-state index in [0.717, 1.165) is 0 Å². The molecule has 0 aliphatic heterocycles. The molecule has 0 atom stereocenters. The van der Waals surface area contributed by atoms with Crippen molar-refractivity contribution in [1.29, 1.82) is 0 Å². The zero-order chi connectivity index (χ0) is 8.27. The van der Waals surface area contributed by atoms with Crippen molar-refractivity contribution >= 4 is 15.9 Å². The van der Waals surface area contributed by atoms with Gasteiger partial charge in [0.1, 0.15) is 5.75 Å². The van der Waals surface area contributed by atoms with E-state index in [1.807, 2.05) is 0 Å². The molecular formula is C6H6BrNO. The van der Waals surface area contributed by atoms with E-state index in [0.29, 0.717) is 10.2 Å². The molecule has 0 N–H and O–H groups in total. The maximum atomic E-state index is 6.81. The highest BCUT2D eigenvalue weighted by atomic mass is 79.9. The Bertz CT molecular complexity index is 244. The van der Waals surface area contributed by atoms with Crippen molar-refractivity contribution in [3.8, 4) is 5.75 Å². The lowest BCUT2D eigenvalue weighted by Crippen LogP contribution is -1.83. The Morgan fingerprint density at radius 2 is 2.78 bits per heavy atom. The summed E-state index contributed by atoms with van der Waals surface area (Å²) in [5.41, 5.74) is 0. The van der Waals surface area contributed by atoms with Crippen molar-refractivity contribution in [3.63, 3.8) is 0 Å². The predicted molar refractivity (Wildman–Crippen MR) is 38.5 cm³/mol. The van der Waals surface area contributed by atoms with Gasteiger partial charge in [0, 0.05) is 12.4 Å². The van der Waals surface area contributed by atoms with Crippen LogP contribution in [0.15, 0.2) is 22.9 Å². The fraction of sp³-hybridized carbons (Fsp3) is 0.167. The SMILES string of the molecule is [2H]C([2H])Oc1ccncc1Br. The molecular weight excluding hydrogens is 182 g/mol. The summed E-state index contributed by atoms with van der Waals surface area (Å²) in [5, 5.41) is 0. The van der Waals surface area contributed by atoms with Gasteiger partial charge in [-0.1, -0.05) is 0 Å². The summed E-state index contributed by atoms with van der Waals surface area (Å²) in [5.74, 6) is 0.468. The molecule has 0 amide bonds. The maximum Gasteiger partial charge on any atom is 0.136 e. The van der Waals surface area contributed by atoms with E-state index in [4.69, 9.17) is 7.48 Å². The van der Waals surface area contributed by atoms with Gasteiger partial charge in [-0.25, -0.2) is 0 Å². The Labute approximate surface area is 64.8 Å². The number of nitrogens with zero attached hydrogens (tertiary/aromatic N) is 1. The molecule has 48 valence electrons. The second kappa shape index (κ2) is 2.82. The molecule has 0 fully saturated rings. The van der Waals surface area contributed by atoms with Gasteiger partial charge < -0.3 is 4.74 Å². The molecule has 1 aromatic rings. The van der Waals surface area contributed by atoms with E-state index in [2.05, 4.69) is 20.9 Å². The highest BCUT2D eigenvalue weighted by molar-refractivity contribution is 9.10. The van der Waals surface area contributed by atoms with E-state index in [1.54, 1.807) is 18.5 Å². The van der Waals surface area contributed by atoms with Crippen LogP contribution < -0.4 is 4.74 Å². The number of aromatic nitrogens is 1. The minimum absolute atomic E-state index is 0.468. The van der Waals surface area contributed by atoms with Gasteiger partial charge in [0.05, 0.1) is 14.3 Å². The summed E-state index contributed by atoms with van der Waals surface area (Å²) >= 11 is 3.17. The zero-order valence-corrected chi connectivity index (χ0v) is 6.13. The van der Waals surface area contributed by atoms with Gasteiger partial charge in [0.2, 0.25) is 0 Å². The minimum Gasteiger partial charge on any atom is -0.495 e. The van der Waals surface area contributed by atoms with Crippen molar-refractivity contribution < 1.29 is 7.48 Å². The highest BCUT2D eigenvalue weighted by Crippen LogP contribution is 2.21. The molecule has 0 radical (unpaired) electrons. The van der Waals surface area contributed by atoms with E-state index in [9.17, 15) is 0 Å². The third-order valence-corrected chi connectivity index (χ3v) is 1.46. The van der Waals surface area contributed by atoms with Crippen molar-refractivity contribution in [2.75, 3.05) is 7.06 Å². The normalized spacial score (nSPS) is 12.7. The van der Waals surface area contributed by atoms with Gasteiger partial charge >= 0.3 is 0 Å². The van der Waals surface area contributed by atoms with Crippen LogP contribution in [0.4, 0.5) is 0 Å². The molecule has 0 bridgehead atoms. The second-order valence-corrected chi connectivity index (χ2v) is 2.28. The number of halogens is 1. The molecule has 0 saturated carbocycles. The van der Waals surface area contributed by atoms with Gasteiger partial charge in [0.25, 0.3) is 0 Å². The van der Waals surface area contributed by atoms with Crippen molar-refractivity contribution in [1.82, 2.24) is 4.98 Å². The van der Waals surface area contributed by atoms with Crippen LogP contribution in [0.3, 0.4) is 0 Å². The number of pyridine rings is 1. The first-order chi connectivity index (χ1) is 5.20. The Morgan fingerprint density at radius 3 is 3.44 bits per heavy atom. The molecule has 1 heterocycles. The molecule has 9 heavy (non-hydrogen) atoms.